The summed E-state index contributed by atoms with van der Waals surface area (Å²) in [5.41, 5.74) is 4.55. The van der Waals surface area contributed by atoms with Gasteiger partial charge in [0.05, 0.1) is 12.8 Å². The molecule has 9 heteroatoms. The highest BCUT2D eigenvalue weighted by molar-refractivity contribution is 6.19. The number of benzene rings is 1. The first-order valence-corrected chi connectivity index (χ1v) is 5.33. The molecule has 1 amide bonds. The molecule has 0 aliphatic carbocycles. The molecule has 1 rings (SSSR count). The van der Waals surface area contributed by atoms with Gasteiger partial charge >= 0.3 is 0 Å². The molecule has 0 spiro atoms. The number of halogens is 5. The van der Waals surface area contributed by atoms with Gasteiger partial charge in [-0.15, -0.1) is 12.4 Å². The highest BCUT2D eigenvalue weighted by Gasteiger charge is 2.24. The summed E-state index contributed by atoms with van der Waals surface area (Å²) in [5, 5.41) is 1.40. The fraction of sp³-hybridized carbons (Fsp3) is 0.250. The maximum atomic E-state index is 13.4. The predicted molar refractivity (Wildman–Crippen MR) is 72.7 cm³/mol. The van der Waals surface area contributed by atoms with Gasteiger partial charge in [0.2, 0.25) is 6.30 Å². The topological polar surface area (TPSA) is 64.4 Å². The number of hydrogen-bond donors (Lipinski definition) is 2. The van der Waals surface area contributed by atoms with Crippen LogP contribution in [0.3, 0.4) is 0 Å². The SMILES string of the molecule is C=C(C(=O)NC(F)C(F)F)c1cc(F)c(N)cc1OC.Cl. The summed E-state index contributed by atoms with van der Waals surface area (Å²) < 4.78 is 55.0. The minimum absolute atomic E-state index is 0. The van der Waals surface area contributed by atoms with E-state index in [9.17, 15) is 22.4 Å². The minimum Gasteiger partial charge on any atom is -0.496 e. The number of carbonyl (C=O) groups is 1. The highest BCUT2D eigenvalue weighted by Crippen LogP contribution is 2.29. The number of rotatable bonds is 5. The van der Waals surface area contributed by atoms with E-state index in [0.717, 1.165) is 12.1 Å². The van der Waals surface area contributed by atoms with E-state index < -0.39 is 30.0 Å². The second-order valence-corrected chi connectivity index (χ2v) is 3.76. The van der Waals surface area contributed by atoms with Crippen molar-refractivity contribution in [3.63, 3.8) is 0 Å². The molecule has 0 saturated heterocycles. The third-order valence-corrected chi connectivity index (χ3v) is 2.41. The van der Waals surface area contributed by atoms with Gasteiger partial charge in [-0.25, -0.2) is 17.6 Å². The lowest BCUT2D eigenvalue weighted by Gasteiger charge is -2.14. The molecule has 0 aromatic heterocycles. The Kier molecular flexibility index (Phi) is 7.00. The molecule has 1 atom stereocenters. The van der Waals surface area contributed by atoms with E-state index in [1.807, 2.05) is 0 Å². The summed E-state index contributed by atoms with van der Waals surface area (Å²) in [4.78, 5) is 11.5. The van der Waals surface area contributed by atoms with Crippen LogP contribution in [-0.2, 0) is 4.79 Å². The molecule has 4 nitrogen and oxygen atoms in total. The van der Waals surface area contributed by atoms with Crippen LogP contribution in [-0.4, -0.2) is 25.7 Å². The number of ether oxygens (including phenoxy) is 1. The Bertz CT molecular complexity index is 540. The van der Waals surface area contributed by atoms with Crippen molar-refractivity contribution in [2.24, 2.45) is 0 Å². The monoisotopic (exact) mass is 328 g/mol. The molecular weight excluding hydrogens is 316 g/mol. The third-order valence-electron chi connectivity index (χ3n) is 2.41. The van der Waals surface area contributed by atoms with Gasteiger partial charge in [0.25, 0.3) is 12.3 Å². The molecule has 1 unspecified atom stereocenters. The zero-order valence-corrected chi connectivity index (χ0v) is 11.6. The van der Waals surface area contributed by atoms with Gasteiger partial charge in [-0.2, -0.15) is 0 Å². The summed E-state index contributed by atoms with van der Waals surface area (Å²) in [6.07, 6.45) is -6.22. The fourth-order valence-electron chi connectivity index (χ4n) is 1.37. The van der Waals surface area contributed by atoms with Crippen molar-refractivity contribution in [1.29, 1.82) is 0 Å². The molecule has 0 bridgehead atoms. The largest absolute Gasteiger partial charge is 0.496 e. The molecular formula is C12H13ClF4N2O2. The van der Waals surface area contributed by atoms with Crippen LogP contribution in [0.15, 0.2) is 18.7 Å². The summed E-state index contributed by atoms with van der Waals surface area (Å²) in [6, 6.07) is 1.95. The van der Waals surface area contributed by atoms with Crippen LogP contribution >= 0.6 is 12.4 Å². The van der Waals surface area contributed by atoms with Gasteiger partial charge in [0, 0.05) is 17.2 Å². The number of carbonyl (C=O) groups excluding carboxylic acids is 1. The van der Waals surface area contributed by atoms with Crippen LogP contribution < -0.4 is 15.8 Å². The minimum atomic E-state index is -3.38. The first-order valence-electron chi connectivity index (χ1n) is 5.33. The number of hydrogen-bond acceptors (Lipinski definition) is 3. The second kappa shape index (κ2) is 7.72. The number of amides is 1. The average molecular weight is 329 g/mol. The second-order valence-electron chi connectivity index (χ2n) is 3.76. The summed E-state index contributed by atoms with van der Waals surface area (Å²) >= 11 is 0. The lowest BCUT2D eigenvalue weighted by atomic mass is 10.0. The Balaban J connectivity index is 0.00000400. The lowest BCUT2D eigenvalue weighted by molar-refractivity contribution is -0.119. The van der Waals surface area contributed by atoms with Crippen LogP contribution in [0, 0.1) is 5.82 Å². The standard InChI is InChI=1S/C12H12F4N2O2.ClH/c1-5(12(19)18-11(16)10(14)15)6-3-7(13)8(17)4-9(6)20-2;/h3-4,10-11H,1,17H2,2H3,(H,18,19);1H. The summed E-state index contributed by atoms with van der Waals surface area (Å²) in [6.45, 7) is 3.31. The molecule has 1 aromatic rings. The molecule has 0 heterocycles. The molecule has 0 aliphatic heterocycles. The Hall–Kier alpha value is -1.96. The van der Waals surface area contributed by atoms with Crippen LogP contribution in [0.25, 0.3) is 5.57 Å². The van der Waals surface area contributed by atoms with Gasteiger partial charge in [-0.3, -0.25) is 4.79 Å². The number of nitrogens with two attached hydrogens (primary N) is 1. The molecule has 3 N–H and O–H groups in total. The van der Waals surface area contributed by atoms with Crippen LogP contribution in [0.2, 0.25) is 0 Å². The average Bonchev–Trinajstić information content (AvgIpc) is 2.40. The first kappa shape index (κ1) is 19.0. The smallest absolute Gasteiger partial charge is 0.287 e. The maximum absolute atomic E-state index is 13.4. The van der Waals surface area contributed by atoms with Gasteiger partial charge in [0.1, 0.15) is 11.6 Å². The van der Waals surface area contributed by atoms with E-state index in [1.165, 1.54) is 12.4 Å². The zero-order chi connectivity index (χ0) is 15.4. The normalized spacial score (nSPS) is 11.5. The maximum Gasteiger partial charge on any atom is 0.287 e. The molecule has 118 valence electrons. The summed E-state index contributed by atoms with van der Waals surface area (Å²) in [5.74, 6) is -2.04. The van der Waals surface area contributed by atoms with Crippen LogP contribution in [0.4, 0.5) is 23.2 Å². The van der Waals surface area contributed by atoms with Crippen molar-refractivity contribution in [2.45, 2.75) is 12.7 Å². The van der Waals surface area contributed by atoms with E-state index in [2.05, 4.69) is 6.58 Å². The lowest BCUT2D eigenvalue weighted by Crippen LogP contribution is -2.36. The Morgan fingerprint density at radius 3 is 2.43 bits per heavy atom. The zero-order valence-electron chi connectivity index (χ0n) is 10.8. The number of alkyl halides is 3. The highest BCUT2D eigenvalue weighted by atomic mass is 35.5. The van der Waals surface area contributed by atoms with Crippen LogP contribution in [0.1, 0.15) is 5.56 Å². The molecule has 0 saturated carbocycles. The molecule has 1 aromatic carbocycles. The number of nitrogen functional groups attached to an aromatic ring is 1. The van der Waals surface area contributed by atoms with Crippen LogP contribution in [0.5, 0.6) is 5.75 Å². The van der Waals surface area contributed by atoms with Crippen molar-refractivity contribution >= 4 is 29.6 Å². The number of methoxy groups -OCH3 is 1. The fourth-order valence-corrected chi connectivity index (χ4v) is 1.37. The quantitative estimate of drug-likeness (QED) is 0.378. The van der Waals surface area contributed by atoms with Gasteiger partial charge in [0.15, 0.2) is 0 Å². The van der Waals surface area contributed by atoms with E-state index >= 15 is 0 Å². The third kappa shape index (κ3) is 4.52. The van der Waals surface area contributed by atoms with Crippen molar-refractivity contribution < 1.29 is 27.1 Å². The molecule has 0 fully saturated rings. The van der Waals surface area contributed by atoms with Gasteiger partial charge < -0.3 is 15.8 Å². The predicted octanol–water partition coefficient (Wildman–Crippen LogP) is 2.53. The van der Waals surface area contributed by atoms with Crippen molar-refractivity contribution in [3.05, 3.63) is 30.1 Å². The Morgan fingerprint density at radius 2 is 1.95 bits per heavy atom. The number of anilines is 1. The van der Waals surface area contributed by atoms with E-state index in [4.69, 9.17) is 10.5 Å². The van der Waals surface area contributed by atoms with Gasteiger partial charge in [-0.1, -0.05) is 6.58 Å². The first-order chi connectivity index (χ1) is 9.27. The van der Waals surface area contributed by atoms with E-state index in [1.54, 1.807) is 0 Å². The molecule has 21 heavy (non-hydrogen) atoms. The van der Waals surface area contributed by atoms with E-state index in [-0.39, 0.29) is 29.4 Å². The summed E-state index contributed by atoms with van der Waals surface area (Å²) in [7, 11) is 1.23. The molecule has 0 aliphatic rings. The van der Waals surface area contributed by atoms with Crippen molar-refractivity contribution in [3.8, 4) is 5.75 Å². The van der Waals surface area contributed by atoms with Crippen molar-refractivity contribution in [2.75, 3.05) is 12.8 Å². The van der Waals surface area contributed by atoms with Gasteiger partial charge in [-0.05, 0) is 6.07 Å². The Morgan fingerprint density at radius 1 is 1.38 bits per heavy atom. The van der Waals surface area contributed by atoms with Crippen molar-refractivity contribution in [1.82, 2.24) is 5.32 Å². The Labute approximate surface area is 124 Å². The molecule has 0 radical (unpaired) electrons. The number of nitrogens with one attached hydrogen (secondary N) is 1. The van der Waals surface area contributed by atoms with E-state index in [0.29, 0.717) is 0 Å².